The van der Waals surface area contributed by atoms with Crippen molar-refractivity contribution in [2.75, 3.05) is 46.1 Å². The summed E-state index contributed by atoms with van der Waals surface area (Å²) in [6.07, 6.45) is 3.25. The van der Waals surface area contributed by atoms with Gasteiger partial charge in [-0.3, -0.25) is 9.69 Å². The molecular formula is C29H39ClFN3O3S. The van der Waals surface area contributed by atoms with Crippen LogP contribution in [0.2, 0.25) is 5.02 Å². The number of rotatable bonds is 5. The summed E-state index contributed by atoms with van der Waals surface area (Å²) < 4.78 is 35.2. The van der Waals surface area contributed by atoms with Crippen molar-refractivity contribution in [3.63, 3.8) is 0 Å². The number of methoxy groups -OCH3 is 1. The summed E-state index contributed by atoms with van der Waals surface area (Å²) in [5.74, 6) is -0.440. The van der Waals surface area contributed by atoms with Crippen LogP contribution in [-0.4, -0.2) is 75.8 Å². The van der Waals surface area contributed by atoms with Crippen LogP contribution < -0.4 is 4.74 Å². The fourth-order valence-corrected chi connectivity index (χ4v) is 6.79. The van der Waals surface area contributed by atoms with Gasteiger partial charge in [-0.2, -0.15) is 0 Å². The van der Waals surface area contributed by atoms with E-state index in [1.807, 2.05) is 33.5 Å². The van der Waals surface area contributed by atoms with Crippen LogP contribution in [0.5, 0.6) is 5.75 Å². The molecule has 0 saturated carbocycles. The Balaban J connectivity index is 1.56. The van der Waals surface area contributed by atoms with Crippen LogP contribution >= 0.6 is 11.6 Å². The van der Waals surface area contributed by atoms with E-state index in [-0.39, 0.29) is 35.1 Å². The second-order valence-corrected chi connectivity index (χ2v) is 13.0. The van der Waals surface area contributed by atoms with Crippen LogP contribution in [0.15, 0.2) is 42.5 Å². The van der Waals surface area contributed by atoms with Crippen molar-refractivity contribution in [2.45, 2.75) is 51.1 Å². The number of hydrogen-bond acceptors (Lipinski definition) is 4. The van der Waals surface area contributed by atoms with Crippen molar-refractivity contribution in [1.29, 1.82) is 0 Å². The fourth-order valence-electron chi connectivity index (χ4n) is 5.74. The Kier molecular flexibility index (Phi) is 9.18. The molecule has 2 aliphatic rings. The first-order chi connectivity index (χ1) is 18.0. The van der Waals surface area contributed by atoms with Gasteiger partial charge in [0.1, 0.15) is 11.6 Å². The molecule has 0 spiro atoms. The van der Waals surface area contributed by atoms with E-state index in [4.69, 9.17) is 16.3 Å². The minimum atomic E-state index is -1.20. The molecule has 2 aromatic rings. The number of hydrogen-bond donors (Lipinski definition) is 0. The molecule has 2 saturated heterocycles. The number of amides is 1. The summed E-state index contributed by atoms with van der Waals surface area (Å²) in [6, 6.07) is 12.6. The largest absolute Gasteiger partial charge is 0.497 e. The maximum Gasteiger partial charge on any atom is 0.227 e. The maximum absolute atomic E-state index is 15.2. The summed E-state index contributed by atoms with van der Waals surface area (Å²) >= 11 is 6.09. The first-order valence-electron chi connectivity index (χ1n) is 13.2. The molecule has 0 radical (unpaired) electrons. The van der Waals surface area contributed by atoms with Crippen LogP contribution in [-0.2, 0) is 15.8 Å². The minimum absolute atomic E-state index is 0.000594. The summed E-state index contributed by atoms with van der Waals surface area (Å²) in [5.41, 5.74) is 1.49. The van der Waals surface area contributed by atoms with Gasteiger partial charge in [0.25, 0.3) is 0 Å². The number of carbonyl (C=O) groups is 1. The van der Waals surface area contributed by atoms with E-state index in [2.05, 4.69) is 25.7 Å². The van der Waals surface area contributed by atoms with Gasteiger partial charge in [0.15, 0.2) is 0 Å². The molecule has 0 bridgehead atoms. The lowest BCUT2D eigenvalue weighted by atomic mass is 9.87. The molecule has 2 aliphatic heterocycles. The van der Waals surface area contributed by atoms with Crippen molar-refractivity contribution in [3.05, 3.63) is 64.4 Å². The van der Waals surface area contributed by atoms with Gasteiger partial charge in [-0.05, 0) is 62.9 Å². The molecule has 4 atom stereocenters. The average molecular weight is 564 g/mol. The molecule has 2 fully saturated rings. The first kappa shape index (κ1) is 29.0. The fraction of sp³-hybridized carbons (Fsp3) is 0.552. The van der Waals surface area contributed by atoms with Crippen LogP contribution in [0.25, 0.3) is 0 Å². The van der Waals surface area contributed by atoms with Crippen LogP contribution in [0.1, 0.15) is 56.7 Å². The summed E-state index contributed by atoms with van der Waals surface area (Å²) in [5, 5.41) is 0.671. The zero-order valence-corrected chi connectivity index (χ0v) is 24.5. The average Bonchev–Trinajstić information content (AvgIpc) is 3.30. The lowest BCUT2D eigenvalue weighted by Gasteiger charge is -2.37. The molecule has 0 aromatic heterocycles. The smallest absolute Gasteiger partial charge is 0.227 e. The van der Waals surface area contributed by atoms with Crippen molar-refractivity contribution in [2.24, 2.45) is 5.92 Å². The Hall–Kier alpha value is -2.00. The third kappa shape index (κ3) is 6.41. The number of halogens is 2. The topological polar surface area (TPSA) is 53.1 Å². The second-order valence-electron chi connectivity index (χ2n) is 11.3. The maximum atomic E-state index is 15.2. The number of ether oxygens (including phenoxy) is 1. The zero-order valence-electron chi connectivity index (χ0n) is 23.0. The third-order valence-electron chi connectivity index (χ3n) is 7.93. The highest BCUT2D eigenvalue weighted by Gasteiger charge is 2.44. The van der Waals surface area contributed by atoms with E-state index in [9.17, 15) is 9.00 Å². The summed E-state index contributed by atoms with van der Waals surface area (Å²) in [6.45, 7) is 9.17. The highest BCUT2D eigenvalue weighted by Crippen LogP contribution is 2.39. The second kappa shape index (κ2) is 12.0. The minimum Gasteiger partial charge on any atom is -0.497 e. The summed E-state index contributed by atoms with van der Waals surface area (Å²) in [7, 11) is 0.313. The van der Waals surface area contributed by atoms with Crippen molar-refractivity contribution in [3.8, 4) is 5.75 Å². The van der Waals surface area contributed by atoms with Crippen molar-refractivity contribution in [1.82, 2.24) is 14.1 Å². The summed E-state index contributed by atoms with van der Waals surface area (Å²) in [4.78, 5) is 18.2. The molecular weight excluding hydrogens is 525 g/mol. The lowest BCUT2D eigenvalue weighted by molar-refractivity contribution is -0.136. The van der Waals surface area contributed by atoms with Gasteiger partial charge in [-0.15, -0.1) is 0 Å². The Morgan fingerprint density at radius 3 is 2.39 bits per heavy atom. The number of carbonyl (C=O) groups excluding carboxylic acids is 1. The Labute approximate surface area is 233 Å². The predicted octanol–water partition coefficient (Wildman–Crippen LogP) is 5.26. The Morgan fingerprint density at radius 2 is 1.79 bits per heavy atom. The van der Waals surface area contributed by atoms with Gasteiger partial charge in [-0.1, -0.05) is 29.8 Å². The lowest BCUT2D eigenvalue weighted by Crippen LogP contribution is -2.47. The molecule has 4 rings (SSSR count). The number of nitrogens with zero attached hydrogens (tertiary/aromatic N) is 3. The molecule has 208 valence electrons. The van der Waals surface area contributed by atoms with Crippen molar-refractivity contribution < 1.29 is 18.1 Å². The molecule has 38 heavy (non-hydrogen) atoms. The van der Waals surface area contributed by atoms with Crippen LogP contribution in [0, 0.1) is 11.7 Å². The number of likely N-dealkylation sites (tertiary alicyclic amines) is 1. The molecule has 6 nitrogen and oxygen atoms in total. The van der Waals surface area contributed by atoms with E-state index in [1.165, 1.54) is 13.2 Å². The molecule has 3 unspecified atom stereocenters. The highest BCUT2D eigenvalue weighted by atomic mass is 35.5. The van der Waals surface area contributed by atoms with Crippen LogP contribution in [0.4, 0.5) is 4.39 Å². The molecule has 9 heteroatoms. The Morgan fingerprint density at radius 1 is 1.08 bits per heavy atom. The van der Waals surface area contributed by atoms with Gasteiger partial charge in [0.2, 0.25) is 5.91 Å². The molecule has 0 aliphatic carbocycles. The van der Waals surface area contributed by atoms with Gasteiger partial charge in [0, 0.05) is 67.6 Å². The van der Waals surface area contributed by atoms with E-state index in [1.54, 1.807) is 18.4 Å². The van der Waals surface area contributed by atoms with Gasteiger partial charge >= 0.3 is 0 Å². The first-order valence-corrected chi connectivity index (χ1v) is 15.1. The number of benzene rings is 2. The predicted molar refractivity (Wildman–Crippen MR) is 151 cm³/mol. The van der Waals surface area contributed by atoms with Crippen LogP contribution in [0.3, 0.4) is 0 Å². The van der Waals surface area contributed by atoms with Gasteiger partial charge < -0.3 is 9.64 Å². The molecule has 2 heterocycles. The van der Waals surface area contributed by atoms with Crippen molar-refractivity contribution >= 4 is 28.5 Å². The standard InChI is InChI=1S/C29H39ClFN3O3S/c1-29(2,3)33-18-24(23-13-12-22(37-4)17-26(23)31)25(19-33)28(35)32-14-6-7-27(34(16-15-32)38(5)36)20-8-10-21(30)11-9-20/h8-13,17,24-25,27H,6-7,14-16,18-19H2,1-5H3/t24-,25?,27?,38?/m0/s1. The normalized spacial score (nSPS) is 24.6. The Bertz CT molecular complexity index is 1160. The molecule has 2 aromatic carbocycles. The van der Waals surface area contributed by atoms with E-state index in [0.717, 1.165) is 18.4 Å². The van der Waals surface area contributed by atoms with Gasteiger partial charge in [-0.25, -0.2) is 12.9 Å². The molecule has 1 amide bonds. The third-order valence-corrected chi connectivity index (χ3v) is 9.28. The quantitative estimate of drug-likeness (QED) is 0.498. The molecule has 0 N–H and O–H groups in total. The zero-order chi connectivity index (χ0) is 27.6. The van der Waals surface area contributed by atoms with E-state index < -0.39 is 11.0 Å². The van der Waals surface area contributed by atoms with E-state index >= 15 is 4.39 Å². The SMILES string of the molecule is COc1ccc([C@@H]2CN(C(C)(C)C)CC2C(=O)N2CCCC(c3ccc(Cl)cc3)N(S(C)=O)CC2)c(F)c1. The van der Waals surface area contributed by atoms with Gasteiger partial charge in [0.05, 0.1) is 24.0 Å². The highest BCUT2D eigenvalue weighted by molar-refractivity contribution is 7.81. The monoisotopic (exact) mass is 563 g/mol. The van der Waals surface area contributed by atoms with E-state index in [0.29, 0.717) is 49.1 Å².